The number of unbranched alkanes of at least 4 members (excludes halogenated alkanes) is 1. The fourth-order valence-electron chi connectivity index (χ4n) is 4.81. The van der Waals surface area contributed by atoms with Gasteiger partial charge in [-0.05, 0) is 35.1 Å². The molecule has 180 valence electrons. The van der Waals surface area contributed by atoms with Gasteiger partial charge in [-0.1, -0.05) is 48.5 Å². The molecular weight excluding hydrogens is 436 g/mol. The van der Waals surface area contributed by atoms with Crippen LogP contribution in [0.15, 0.2) is 48.5 Å². The Hall–Kier alpha value is -3.39. The molecule has 8 nitrogen and oxygen atoms in total. The lowest BCUT2D eigenvalue weighted by Gasteiger charge is -2.31. The summed E-state index contributed by atoms with van der Waals surface area (Å²) in [5.41, 5.74) is 3.35. The van der Waals surface area contributed by atoms with Crippen molar-refractivity contribution in [2.75, 3.05) is 33.4 Å². The number of hydrogen-bond donors (Lipinski definition) is 2. The first-order valence-electron chi connectivity index (χ1n) is 11.6. The van der Waals surface area contributed by atoms with Crippen molar-refractivity contribution in [3.8, 4) is 11.1 Å². The van der Waals surface area contributed by atoms with Crippen molar-refractivity contribution in [3.05, 3.63) is 59.7 Å². The molecule has 0 aromatic heterocycles. The summed E-state index contributed by atoms with van der Waals surface area (Å²) < 4.78 is 11.1. The zero-order valence-electron chi connectivity index (χ0n) is 19.3. The van der Waals surface area contributed by atoms with Gasteiger partial charge < -0.3 is 24.8 Å². The second kappa shape index (κ2) is 10.3. The zero-order valence-corrected chi connectivity index (χ0v) is 19.3. The van der Waals surface area contributed by atoms with Crippen molar-refractivity contribution in [3.63, 3.8) is 0 Å². The summed E-state index contributed by atoms with van der Waals surface area (Å²) in [6.07, 6.45) is 0.816. The molecule has 2 N–H and O–H groups in total. The predicted molar refractivity (Wildman–Crippen MR) is 125 cm³/mol. The van der Waals surface area contributed by atoms with Gasteiger partial charge in [-0.3, -0.25) is 9.59 Å². The normalized spacial score (nSPS) is 18.7. The summed E-state index contributed by atoms with van der Waals surface area (Å²) in [5, 5.41) is 11.6. The first-order chi connectivity index (χ1) is 16.4. The maximum absolute atomic E-state index is 13.2. The van der Waals surface area contributed by atoms with Crippen LogP contribution in [0.2, 0.25) is 0 Å². The highest BCUT2D eigenvalue weighted by Gasteiger charge is 2.46. The van der Waals surface area contributed by atoms with Crippen molar-refractivity contribution in [2.45, 2.75) is 37.1 Å². The number of rotatable bonds is 9. The van der Waals surface area contributed by atoms with Gasteiger partial charge in [-0.15, -0.1) is 0 Å². The predicted octanol–water partition coefficient (Wildman–Crippen LogP) is 3.40. The highest BCUT2D eigenvalue weighted by molar-refractivity contribution is 5.90. The molecule has 0 radical (unpaired) electrons. The Morgan fingerprint density at radius 2 is 1.74 bits per heavy atom. The molecule has 1 saturated heterocycles. The quantitative estimate of drug-likeness (QED) is 0.549. The van der Waals surface area contributed by atoms with Gasteiger partial charge in [0.1, 0.15) is 12.1 Å². The summed E-state index contributed by atoms with van der Waals surface area (Å²) in [7, 11) is 1.66. The molecule has 1 aliphatic heterocycles. The lowest BCUT2D eigenvalue weighted by atomic mass is 9.96. The molecule has 0 spiro atoms. The monoisotopic (exact) mass is 466 g/mol. The molecule has 1 heterocycles. The van der Waals surface area contributed by atoms with E-state index >= 15 is 0 Å². The average Bonchev–Trinajstić information content (AvgIpc) is 3.43. The highest BCUT2D eigenvalue weighted by atomic mass is 16.6. The van der Waals surface area contributed by atoms with Gasteiger partial charge in [0.05, 0.1) is 6.61 Å². The number of carbonyl (C=O) groups excluding carboxylic acids is 2. The smallest absolute Gasteiger partial charge is 0.408 e. The van der Waals surface area contributed by atoms with Crippen LogP contribution in [0.1, 0.15) is 42.7 Å². The molecule has 0 bridgehead atoms. The lowest BCUT2D eigenvalue weighted by molar-refractivity contribution is -0.137. The van der Waals surface area contributed by atoms with Crippen molar-refractivity contribution >= 4 is 18.0 Å². The van der Waals surface area contributed by atoms with Crippen LogP contribution in [0.4, 0.5) is 4.79 Å². The van der Waals surface area contributed by atoms with Gasteiger partial charge >= 0.3 is 12.1 Å². The molecular formula is C26H30N2O6. The Labute approximate surface area is 198 Å². The van der Waals surface area contributed by atoms with Crippen LogP contribution in [0.25, 0.3) is 11.1 Å². The summed E-state index contributed by atoms with van der Waals surface area (Å²) in [6.45, 7) is 1.01. The fourth-order valence-corrected chi connectivity index (χ4v) is 4.81. The Morgan fingerprint density at radius 3 is 2.32 bits per heavy atom. The van der Waals surface area contributed by atoms with Crippen LogP contribution < -0.4 is 5.32 Å². The molecule has 2 amide bonds. The van der Waals surface area contributed by atoms with Crippen molar-refractivity contribution in [2.24, 2.45) is 0 Å². The standard InChI is InChI=1S/C26H30N2O6/c1-28(14-7-6-12-23(29)30)24(31)26(13-15-33-17-26)27-25(32)34-16-22-20-10-4-2-8-18(20)19-9-3-5-11-21(19)22/h2-5,8-11,22H,6-7,12-17H2,1H3,(H,27,32)(H,29,30). The van der Waals surface area contributed by atoms with Gasteiger partial charge in [0, 0.05) is 39.0 Å². The number of hydrogen-bond acceptors (Lipinski definition) is 5. The molecule has 34 heavy (non-hydrogen) atoms. The second-order valence-electron chi connectivity index (χ2n) is 8.91. The van der Waals surface area contributed by atoms with Crippen molar-refractivity contribution in [1.29, 1.82) is 0 Å². The van der Waals surface area contributed by atoms with E-state index < -0.39 is 17.6 Å². The second-order valence-corrected chi connectivity index (χ2v) is 8.91. The molecule has 1 aliphatic carbocycles. The summed E-state index contributed by atoms with van der Waals surface area (Å²) in [5.74, 6) is -1.18. The number of carboxylic acid groups (broad SMARTS) is 1. The summed E-state index contributed by atoms with van der Waals surface area (Å²) in [4.78, 5) is 38.2. The molecule has 0 saturated carbocycles. The largest absolute Gasteiger partial charge is 0.481 e. The first-order valence-corrected chi connectivity index (χ1v) is 11.6. The number of benzene rings is 2. The summed E-state index contributed by atoms with van der Waals surface area (Å²) in [6, 6.07) is 16.2. The molecule has 2 aromatic carbocycles. The van der Waals surface area contributed by atoms with E-state index in [9.17, 15) is 14.4 Å². The molecule has 8 heteroatoms. The zero-order chi connectivity index (χ0) is 24.1. The summed E-state index contributed by atoms with van der Waals surface area (Å²) >= 11 is 0. The minimum absolute atomic E-state index is 0.0638. The number of likely N-dealkylation sites (N-methyl/N-ethyl adjacent to an activating group) is 1. The van der Waals surface area contributed by atoms with E-state index in [-0.39, 0.29) is 31.5 Å². The third-order valence-corrected chi connectivity index (χ3v) is 6.60. The Bertz CT molecular complexity index is 1020. The van der Waals surface area contributed by atoms with Crippen LogP contribution in [-0.2, 0) is 19.1 Å². The number of nitrogens with zero attached hydrogens (tertiary/aromatic N) is 1. The number of fused-ring (bicyclic) bond motifs is 3. The van der Waals surface area contributed by atoms with Gasteiger partial charge in [0.15, 0.2) is 0 Å². The molecule has 1 unspecified atom stereocenters. The van der Waals surface area contributed by atoms with Crippen LogP contribution in [0.5, 0.6) is 0 Å². The number of alkyl carbamates (subject to hydrolysis) is 1. The minimum Gasteiger partial charge on any atom is -0.481 e. The van der Waals surface area contributed by atoms with Crippen LogP contribution in [0, 0.1) is 0 Å². The Balaban J connectivity index is 1.38. The van der Waals surface area contributed by atoms with Crippen molar-refractivity contribution in [1.82, 2.24) is 10.2 Å². The number of carbonyl (C=O) groups is 3. The Morgan fingerprint density at radius 1 is 1.09 bits per heavy atom. The maximum atomic E-state index is 13.2. The number of aliphatic carboxylic acids is 1. The molecule has 2 aromatic rings. The topological polar surface area (TPSA) is 105 Å². The minimum atomic E-state index is -1.18. The molecule has 2 aliphatic rings. The fraction of sp³-hybridized carbons (Fsp3) is 0.423. The van der Waals surface area contributed by atoms with E-state index in [4.69, 9.17) is 14.6 Å². The molecule has 4 rings (SSSR count). The van der Waals surface area contributed by atoms with E-state index in [0.717, 1.165) is 22.3 Å². The number of ether oxygens (including phenoxy) is 2. The van der Waals surface area contributed by atoms with Gasteiger partial charge in [0.2, 0.25) is 0 Å². The van der Waals surface area contributed by atoms with Crippen LogP contribution in [0.3, 0.4) is 0 Å². The molecule has 1 atom stereocenters. The number of carboxylic acids is 1. The number of amides is 2. The van der Waals surface area contributed by atoms with E-state index in [0.29, 0.717) is 32.4 Å². The van der Waals surface area contributed by atoms with Gasteiger partial charge in [0.25, 0.3) is 5.91 Å². The SMILES string of the molecule is CN(CCCCC(=O)O)C(=O)C1(NC(=O)OCC2c3ccccc3-c3ccccc32)CCOC1. The van der Waals surface area contributed by atoms with E-state index in [1.54, 1.807) is 7.05 Å². The number of nitrogens with one attached hydrogen (secondary N) is 1. The highest BCUT2D eigenvalue weighted by Crippen LogP contribution is 2.44. The van der Waals surface area contributed by atoms with Gasteiger partial charge in [-0.2, -0.15) is 0 Å². The average molecular weight is 467 g/mol. The maximum Gasteiger partial charge on any atom is 0.408 e. The van der Waals surface area contributed by atoms with E-state index in [1.165, 1.54) is 4.90 Å². The van der Waals surface area contributed by atoms with Gasteiger partial charge in [-0.25, -0.2) is 4.79 Å². The van der Waals surface area contributed by atoms with E-state index in [2.05, 4.69) is 29.6 Å². The third kappa shape index (κ3) is 4.92. The first kappa shape index (κ1) is 23.8. The van der Waals surface area contributed by atoms with Crippen molar-refractivity contribution < 1.29 is 29.0 Å². The Kier molecular flexibility index (Phi) is 7.17. The van der Waals surface area contributed by atoms with E-state index in [1.807, 2.05) is 24.3 Å². The lowest BCUT2D eigenvalue weighted by Crippen LogP contribution is -2.60. The van der Waals surface area contributed by atoms with Crippen LogP contribution >= 0.6 is 0 Å². The third-order valence-electron chi connectivity index (χ3n) is 6.60. The molecule has 1 fully saturated rings. The van der Waals surface area contributed by atoms with Crippen LogP contribution in [-0.4, -0.2) is 66.9 Å².